The van der Waals surface area contributed by atoms with Gasteiger partial charge in [0.15, 0.2) is 0 Å². The number of rotatable bonds is 6. The molecule has 22 heavy (non-hydrogen) atoms. The van der Waals surface area contributed by atoms with Crippen LogP contribution in [-0.2, 0) is 9.59 Å². The number of carbonyl (C=O) groups excluding carboxylic acids is 2. The van der Waals surface area contributed by atoms with Crippen LogP contribution in [0.4, 0.5) is 0 Å². The molecule has 1 heterocycles. The summed E-state index contributed by atoms with van der Waals surface area (Å²) in [6.45, 7) is 3.68. The molecule has 1 atom stereocenters. The van der Waals surface area contributed by atoms with E-state index in [2.05, 4.69) is 16.0 Å². The molecule has 1 saturated heterocycles. The van der Waals surface area contributed by atoms with E-state index in [9.17, 15) is 9.59 Å². The summed E-state index contributed by atoms with van der Waals surface area (Å²) in [6, 6.07) is 0.234. The van der Waals surface area contributed by atoms with Gasteiger partial charge in [-0.1, -0.05) is 26.2 Å². The molecular weight excluding hydrogens is 298 g/mol. The topological polar surface area (TPSA) is 70.2 Å². The summed E-state index contributed by atoms with van der Waals surface area (Å²) in [5, 5.41) is 9.45. The van der Waals surface area contributed by atoms with Gasteiger partial charge in [-0.05, 0) is 19.3 Å². The van der Waals surface area contributed by atoms with E-state index in [1.54, 1.807) is 0 Å². The van der Waals surface area contributed by atoms with Crippen molar-refractivity contribution in [2.45, 2.75) is 63.5 Å². The highest BCUT2D eigenvalue weighted by molar-refractivity contribution is 7.99. The molecule has 1 aliphatic carbocycles. The second-order valence-corrected chi connectivity index (χ2v) is 7.53. The molecule has 2 amide bonds. The lowest BCUT2D eigenvalue weighted by Gasteiger charge is -2.37. The molecule has 1 saturated carbocycles. The highest BCUT2D eigenvalue weighted by Crippen LogP contribution is 2.29. The summed E-state index contributed by atoms with van der Waals surface area (Å²) in [5.41, 5.74) is -0.674. The molecule has 1 unspecified atom stereocenters. The van der Waals surface area contributed by atoms with Crippen LogP contribution < -0.4 is 16.0 Å². The minimum atomic E-state index is -0.674. The van der Waals surface area contributed by atoms with Gasteiger partial charge in [-0.2, -0.15) is 11.8 Å². The maximum atomic E-state index is 12.6. The van der Waals surface area contributed by atoms with E-state index in [1.165, 1.54) is 0 Å². The molecular formula is C16H29N3O2S. The Morgan fingerprint density at radius 2 is 2.05 bits per heavy atom. The highest BCUT2D eigenvalue weighted by Gasteiger charge is 2.40. The van der Waals surface area contributed by atoms with E-state index in [0.717, 1.165) is 56.6 Å². The fourth-order valence-corrected chi connectivity index (χ4v) is 4.21. The van der Waals surface area contributed by atoms with Crippen molar-refractivity contribution in [2.75, 3.05) is 24.6 Å². The van der Waals surface area contributed by atoms with Crippen molar-refractivity contribution in [2.24, 2.45) is 0 Å². The van der Waals surface area contributed by atoms with Gasteiger partial charge in [-0.15, -0.1) is 0 Å². The van der Waals surface area contributed by atoms with Crippen molar-refractivity contribution < 1.29 is 9.59 Å². The number of hydrogen-bond acceptors (Lipinski definition) is 4. The van der Waals surface area contributed by atoms with E-state index >= 15 is 0 Å². The fourth-order valence-electron chi connectivity index (χ4n) is 3.26. The van der Waals surface area contributed by atoms with E-state index in [-0.39, 0.29) is 17.9 Å². The first kappa shape index (κ1) is 17.6. The molecule has 0 spiro atoms. The lowest BCUT2D eigenvalue weighted by molar-refractivity contribution is -0.135. The number of hydrogen-bond donors (Lipinski definition) is 3. The SMILES string of the molecule is CCCNC(=O)C1(NC(=O)CC2CSCCN2)CCCCC1. The van der Waals surface area contributed by atoms with Gasteiger partial charge in [0.1, 0.15) is 5.54 Å². The van der Waals surface area contributed by atoms with E-state index in [0.29, 0.717) is 13.0 Å². The Hall–Kier alpha value is -0.750. The summed E-state index contributed by atoms with van der Waals surface area (Å²) in [6.07, 6.45) is 6.09. The predicted octanol–water partition coefficient (Wildman–Crippen LogP) is 1.43. The van der Waals surface area contributed by atoms with Crippen molar-refractivity contribution >= 4 is 23.6 Å². The zero-order valence-electron chi connectivity index (χ0n) is 13.6. The van der Waals surface area contributed by atoms with Crippen molar-refractivity contribution in [3.8, 4) is 0 Å². The molecule has 126 valence electrons. The fraction of sp³-hybridized carbons (Fsp3) is 0.875. The lowest BCUT2D eigenvalue weighted by Crippen LogP contribution is -2.60. The third-order valence-electron chi connectivity index (χ3n) is 4.49. The molecule has 2 aliphatic rings. The van der Waals surface area contributed by atoms with Crippen LogP contribution in [0.15, 0.2) is 0 Å². The number of carbonyl (C=O) groups is 2. The van der Waals surface area contributed by atoms with E-state index < -0.39 is 5.54 Å². The first-order valence-corrected chi connectivity index (χ1v) is 9.72. The first-order valence-electron chi connectivity index (χ1n) is 8.57. The summed E-state index contributed by atoms with van der Waals surface area (Å²) >= 11 is 1.89. The van der Waals surface area contributed by atoms with Gasteiger partial charge in [0.05, 0.1) is 0 Å². The Morgan fingerprint density at radius 3 is 2.68 bits per heavy atom. The summed E-state index contributed by atoms with van der Waals surface area (Å²) in [7, 11) is 0. The van der Waals surface area contributed by atoms with Crippen molar-refractivity contribution in [1.29, 1.82) is 0 Å². The van der Waals surface area contributed by atoms with Gasteiger partial charge < -0.3 is 16.0 Å². The number of amides is 2. The summed E-state index contributed by atoms with van der Waals surface area (Å²) in [5.74, 6) is 2.10. The smallest absolute Gasteiger partial charge is 0.245 e. The molecule has 2 fully saturated rings. The van der Waals surface area contributed by atoms with Gasteiger partial charge in [0.2, 0.25) is 11.8 Å². The third-order valence-corrected chi connectivity index (χ3v) is 5.62. The van der Waals surface area contributed by atoms with Crippen molar-refractivity contribution in [1.82, 2.24) is 16.0 Å². The average Bonchev–Trinajstić information content (AvgIpc) is 2.54. The monoisotopic (exact) mass is 327 g/mol. The molecule has 0 aromatic heterocycles. The van der Waals surface area contributed by atoms with Crippen molar-refractivity contribution in [3.05, 3.63) is 0 Å². The van der Waals surface area contributed by atoms with Crippen molar-refractivity contribution in [3.63, 3.8) is 0 Å². The zero-order valence-corrected chi connectivity index (χ0v) is 14.4. The molecule has 6 heteroatoms. The maximum Gasteiger partial charge on any atom is 0.245 e. The molecule has 0 aromatic rings. The zero-order chi connectivity index (χ0) is 15.8. The van der Waals surface area contributed by atoms with Crippen LogP contribution in [0.1, 0.15) is 51.9 Å². The standard InChI is InChI=1S/C16H29N3O2S/c1-2-8-18-15(21)16(6-4-3-5-7-16)19-14(20)11-13-12-22-10-9-17-13/h13,17H,2-12H2,1H3,(H,18,21)(H,19,20). The number of nitrogens with one attached hydrogen (secondary N) is 3. The Morgan fingerprint density at radius 1 is 1.27 bits per heavy atom. The predicted molar refractivity (Wildman–Crippen MR) is 91.0 cm³/mol. The molecule has 1 aliphatic heterocycles. The Labute approximate surface area is 137 Å². The van der Waals surface area contributed by atoms with Crippen LogP contribution in [0.5, 0.6) is 0 Å². The third kappa shape index (κ3) is 4.88. The van der Waals surface area contributed by atoms with Crippen LogP contribution in [0.3, 0.4) is 0 Å². The van der Waals surface area contributed by atoms with Gasteiger partial charge >= 0.3 is 0 Å². The van der Waals surface area contributed by atoms with Gasteiger partial charge in [-0.3, -0.25) is 9.59 Å². The Bertz CT molecular complexity index is 378. The quantitative estimate of drug-likeness (QED) is 0.690. The second kappa shape index (κ2) is 8.77. The van der Waals surface area contributed by atoms with E-state index in [1.807, 2.05) is 18.7 Å². The maximum absolute atomic E-state index is 12.6. The van der Waals surface area contributed by atoms with E-state index in [4.69, 9.17) is 0 Å². The molecule has 2 rings (SSSR count). The summed E-state index contributed by atoms with van der Waals surface area (Å²) in [4.78, 5) is 25.0. The molecule has 5 nitrogen and oxygen atoms in total. The van der Waals surface area contributed by atoms with Gasteiger partial charge in [0.25, 0.3) is 0 Å². The van der Waals surface area contributed by atoms with Crippen LogP contribution in [0.2, 0.25) is 0 Å². The Kier molecular flexibility index (Phi) is 7.02. The normalized spacial score (nSPS) is 24.5. The first-order chi connectivity index (χ1) is 10.7. The van der Waals surface area contributed by atoms with Gasteiger partial charge in [0, 0.05) is 37.1 Å². The average molecular weight is 327 g/mol. The van der Waals surface area contributed by atoms with Crippen LogP contribution in [-0.4, -0.2) is 48.0 Å². The van der Waals surface area contributed by atoms with Crippen LogP contribution >= 0.6 is 11.8 Å². The highest BCUT2D eigenvalue weighted by atomic mass is 32.2. The Balaban J connectivity index is 1.93. The molecule has 0 bridgehead atoms. The molecule has 0 aromatic carbocycles. The minimum absolute atomic E-state index is 0.00776. The molecule has 3 N–H and O–H groups in total. The van der Waals surface area contributed by atoms with Crippen LogP contribution in [0.25, 0.3) is 0 Å². The number of thioether (sulfide) groups is 1. The lowest BCUT2D eigenvalue weighted by atomic mass is 9.80. The summed E-state index contributed by atoms with van der Waals surface area (Å²) < 4.78 is 0. The van der Waals surface area contributed by atoms with Gasteiger partial charge in [-0.25, -0.2) is 0 Å². The minimum Gasteiger partial charge on any atom is -0.354 e. The largest absolute Gasteiger partial charge is 0.354 e. The van der Waals surface area contributed by atoms with Crippen LogP contribution in [0, 0.1) is 0 Å². The molecule has 0 radical (unpaired) electrons. The second-order valence-electron chi connectivity index (χ2n) is 6.38.